The molecule has 1 aliphatic carbocycles. The van der Waals surface area contributed by atoms with Crippen molar-refractivity contribution < 1.29 is 5.11 Å². The van der Waals surface area contributed by atoms with E-state index in [0.717, 1.165) is 36.1 Å². The maximum Gasteiger partial charge on any atom is 0.121 e. The quantitative estimate of drug-likeness (QED) is 0.807. The Morgan fingerprint density at radius 3 is 2.61 bits per heavy atom. The van der Waals surface area contributed by atoms with Gasteiger partial charge >= 0.3 is 0 Å². The van der Waals surface area contributed by atoms with Crippen LogP contribution in [0.3, 0.4) is 0 Å². The van der Waals surface area contributed by atoms with Crippen molar-refractivity contribution in [2.75, 3.05) is 5.73 Å². The molecule has 0 unspecified atom stereocenters. The summed E-state index contributed by atoms with van der Waals surface area (Å²) in [6.45, 7) is 0. The predicted octanol–water partition coefficient (Wildman–Crippen LogP) is 2.25. The standard InChI is InChI=1S/C14H17N3O/c1-17-14(15)8-12(16-17)10-6-7-13(18)11-5-3-2-4-9(10)11/h6-8,18H,2-5,15H2,1H3. The van der Waals surface area contributed by atoms with Gasteiger partial charge in [0.25, 0.3) is 0 Å². The monoisotopic (exact) mass is 243 g/mol. The number of hydrogen-bond acceptors (Lipinski definition) is 3. The minimum absolute atomic E-state index is 0.414. The van der Waals surface area contributed by atoms with Gasteiger partial charge in [0.05, 0.1) is 5.69 Å². The maximum absolute atomic E-state index is 9.94. The van der Waals surface area contributed by atoms with Crippen LogP contribution in [-0.2, 0) is 19.9 Å². The number of benzene rings is 1. The Balaban J connectivity index is 2.18. The number of rotatable bonds is 1. The first kappa shape index (κ1) is 11.1. The number of hydrogen-bond donors (Lipinski definition) is 2. The summed E-state index contributed by atoms with van der Waals surface area (Å²) in [7, 11) is 1.84. The van der Waals surface area contributed by atoms with Gasteiger partial charge in [0, 0.05) is 18.7 Å². The van der Waals surface area contributed by atoms with Crippen LogP contribution in [0, 0.1) is 0 Å². The Morgan fingerprint density at radius 2 is 1.94 bits per heavy atom. The summed E-state index contributed by atoms with van der Waals surface area (Å²) in [5.41, 5.74) is 10.2. The van der Waals surface area contributed by atoms with Gasteiger partial charge < -0.3 is 10.8 Å². The number of aromatic nitrogens is 2. The largest absolute Gasteiger partial charge is 0.508 e. The molecule has 3 N–H and O–H groups in total. The second-order valence-corrected chi connectivity index (χ2v) is 4.87. The topological polar surface area (TPSA) is 64.1 Å². The van der Waals surface area contributed by atoms with Crippen molar-refractivity contribution in [3.8, 4) is 17.0 Å². The molecule has 3 rings (SSSR count). The molecule has 1 heterocycles. The fraction of sp³-hybridized carbons (Fsp3) is 0.357. The summed E-state index contributed by atoms with van der Waals surface area (Å²) in [5, 5.41) is 14.4. The predicted molar refractivity (Wildman–Crippen MR) is 71.4 cm³/mol. The second kappa shape index (κ2) is 4.05. The number of fused-ring (bicyclic) bond motifs is 1. The molecule has 1 aromatic carbocycles. The number of aromatic hydroxyl groups is 1. The van der Waals surface area contributed by atoms with Crippen molar-refractivity contribution in [1.82, 2.24) is 9.78 Å². The van der Waals surface area contributed by atoms with Crippen LogP contribution in [0.25, 0.3) is 11.3 Å². The number of nitrogen functional groups attached to an aromatic ring is 1. The van der Waals surface area contributed by atoms with Gasteiger partial charge in [-0.25, -0.2) is 0 Å². The first-order chi connectivity index (χ1) is 8.66. The molecule has 0 fully saturated rings. The van der Waals surface area contributed by atoms with Gasteiger partial charge in [-0.1, -0.05) is 0 Å². The molecule has 0 bridgehead atoms. The number of nitrogens with zero attached hydrogens (tertiary/aromatic N) is 2. The van der Waals surface area contributed by atoms with Crippen LogP contribution < -0.4 is 5.73 Å². The highest BCUT2D eigenvalue weighted by Gasteiger charge is 2.19. The SMILES string of the molecule is Cn1nc(-c2ccc(O)c3c2CCCC3)cc1N. The molecule has 1 aliphatic rings. The lowest BCUT2D eigenvalue weighted by Crippen LogP contribution is -2.05. The van der Waals surface area contributed by atoms with Crippen molar-refractivity contribution in [2.24, 2.45) is 7.05 Å². The van der Waals surface area contributed by atoms with Crippen molar-refractivity contribution >= 4 is 5.82 Å². The van der Waals surface area contributed by atoms with E-state index in [1.165, 1.54) is 12.0 Å². The van der Waals surface area contributed by atoms with Crippen molar-refractivity contribution in [3.05, 3.63) is 29.3 Å². The zero-order valence-electron chi connectivity index (χ0n) is 10.5. The van der Waals surface area contributed by atoms with Crippen molar-refractivity contribution in [2.45, 2.75) is 25.7 Å². The smallest absolute Gasteiger partial charge is 0.121 e. The highest BCUT2D eigenvalue weighted by molar-refractivity contribution is 5.69. The van der Waals surface area contributed by atoms with Gasteiger partial charge in [-0.15, -0.1) is 0 Å². The van der Waals surface area contributed by atoms with Crippen molar-refractivity contribution in [3.63, 3.8) is 0 Å². The molecule has 4 heteroatoms. The summed E-state index contributed by atoms with van der Waals surface area (Å²) >= 11 is 0. The van der Waals surface area contributed by atoms with Crippen LogP contribution in [0.15, 0.2) is 18.2 Å². The van der Waals surface area contributed by atoms with Crippen LogP contribution >= 0.6 is 0 Å². The first-order valence-electron chi connectivity index (χ1n) is 6.30. The van der Waals surface area contributed by atoms with Crippen LogP contribution in [0.1, 0.15) is 24.0 Å². The van der Waals surface area contributed by atoms with E-state index < -0.39 is 0 Å². The third-order valence-corrected chi connectivity index (χ3v) is 3.70. The molecule has 18 heavy (non-hydrogen) atoms. The van der Waals surface area contributed by atoms with Gasteiger partial charge in [0.2, 0.25) is 0 Å². The highest BCUT2D eigenvalue weighted by atomic mass is 16.3. The Hall–Kier alpha value is -1.97. The summed E-state index contributed by atoms with van der Waals surface area (Å²) in [6.07, 6.45) is 4.28. The zero-order valence-corrected chi connectivity index (χ0v) is 10.5. The summed E-state index contributed by atoms with van der Waals surface area (Å²) in [4.78, 5) is 0. The van der Waals surface area contributed by atoms with Gasteiger partial charge in [-0.3, -0.25) is 4.68 Å². The molecular weight excluding hydrogens is 226 g/mol. The molecule has 0 saturated heterocycles. The number of phenolic OH excluding ortho intramolecular Hbond substituents is 1. The van der Waals surface area contributed by atoms with Crippen LogP contribution in [0.2, 0.25) is 0 Å². The normalized spacial score (nSPS) is 14.5. The molecule has 94 valence electrons. The van der Waals surface area contributed by atoms with Gasteiger partial charge in [0.15, 0.2) is 0 Å². The molecule has 0 spiro atoms. The molecular formula is C14H17N3O. The van der Waals surface area contributed by atoms with E-state index in [1.807, 2.05) is 19.2 Å². The van der Waals surface area contributed by atoms with E-state index in [-0.39, 0.29) is 0 Å². The van der Waals surface area contributed by atoms with Gasteiger partial charge in [0.1, 0.15) is 11.6 Å². The average molecular weight is 243 g/mol. The van der Waals surface area contributed by atoms with E-state index in [2.05, 4.69) is 5.10 Å². The Kier molecular flexibility index (Phi) is 2.51. The van der Waals surface area contributed by atoms with E-state index >= 15 is 0 Å². The molecule has 0 saturated carbocycles. The van der Waals surface area contributed by atoms with Gasteiger partial charge in [-0.05, 0) is 48.9 Å². The minimum atomic E-state index is 0.414. The number of aryl methyl sites for hydroxylation is 1. The lowest BCUT2D eigenvalue weighted by atomic mass is 9.86. The Morgan fingerprint density at radius 1 is 1.22 bits per heavy atom. The highest BCUT2D eigenvalue weighted by Crippen LogP contribution is 2.36. The first-order valence-corrected chi connectivity index (χ1v) is 6.30. The molecule has 0 amide bonds. The molecule has 4 nitrogen and oxygen atoms in total. The third kappa shape index (κ3) is 1.65. The summed E-state index contributed by atoms with van der Waals surface area (Å²) in [5.74, 6) is 1.07. The Labute approximate surface area is 106 Å². The second-order valence-electron chi connectivity index (χ2n) is 4.87. The van der Waals surface area contributed by atoms with Crippen molar-refractivity contribution in [1.29, 1.82) is 0 Å². The maximum atomic E-state index is 9.94. The van der Waals surface area contributed by atoms with E-state index in [9.17, 15) is 5.11 Å². The Bertz CT molecular complexity index is 582. The minimum Gasteiger partial charge on any atom is -0.508 e. The van der Waals surface area contributed by atoms with Crippen LogP contribution in [-0.4, -0.2) is 14.9 Å². The number of nitrogens with two attached hydrogens (primary N) is 1. The number of phenols is 1. The number of anilines is 1. The molecule has 0 radical (unpaired) electrons. The lowest BCUT2D eigenvalue weighted by molar-refractivity contribution is 0.462. The lowest BCUT2D eigenvalue weighted by Gasteiger charge is -2.19. The van der Waals surface area contributed by atoms with Crippen LogP contribution in [0.4, 0.5) is 5.82 Å². The fourth-order valence-electron chi connectivity index (χ4n) is 2.70. The van der Waals surface area contributed by atoms with E-state index in [4.69, 9.17) is 5.73 Å². The third-order valence-electron chi connectivity index (χ3n) is 3.70. The summed E-state index contributed by atoms with van der Waals surface area (Å²) in [6, 6.07) is 5.60. The fourth-order valence-corrected chi connectivity index (χ4v) is 2.70. The molecule has 0 aliphatic heterocycles. The molecule has 0 atom stereocenters. The van der Waals surface area contributed by atoms with E-state index in [1.54, 1.807) is 10.7 Å². The average Bonchev–Trinajstić information content (AvgIpc) is 2.70. The van der Waals surface area contributed by atoms with Crippen LogP contribution in [0.5, 0.6) is 5.75 Å². The molecule has 2 aromatic rings. The van der Waals surface area contributed by atoms with E-state index in [0.29, 0.717) is 11.6 Å². The summed E-state index contributed by atoms with van der Waals surface area (Å²) < 4.78 is 1.68. The van der Waals surface area contributed by atoms with Gasteiger partial charge in [-0.2, -0.15) is 5.10 Å². The zero-order chi connectivity index (χ0) is 12.7. The molecule has 1 aromatic heterocycles.